The SMILES string of the molecule is CC(C)(NS(=O)(=O)c1ccc(Cl)cc1)c1ccccc1F. The Morgan fingerprint density at radius 1 is 1.05 bits per heavy atom. The predicted octanol–water partition coefficient (Wildman–Crippen LogP) is 3.69. The summed E-state index contributed by atoms with van der Waals surface area (Å²) in [6.07, 6.45) is 0. The van der Waals surface area contributed by atoms with E-state index in [-0.39, 0.29) is 10.5 Å². The van der Waals surface area contributed by atoms with Gasteiger partial charge in [-0.15, -0.1) is 0 Å². The Kier molecular flexibility index (Phi) is 4.37. The molecule has 0 fully saturated rings. The van der Waals surface area contributed by atoms with Crippen molar-refractivity contribution >= 4 is 21.6 Å². The average molecular weight is 328 g/mol. The highest BCUT2D eigenvalue weighted by molar-refractivity contribution is 7.89. The lowest BCUT2D eigenvalue weighted by Crippen LogP contribution is -2.41. The minimum Gasteiger partial charge on any atom is -0.207 e. The molecule has 2 aromatic carbocycles. The summed E-state index contributed by atoms with van der Waals surface area (Å²) in [5, 5.41) is 0.447. The summed E-state index contributed by atoms with van der Waals surface area (Å²) in [5.74, 6) is -0.457. The summed E-state index contributed by atoms with van der Waals surface area (Å²) in [5.41, 5.74) is -0.799. The van der Waals surface area contributed by atoms with E-state index in [9.17, 15) is 12.8 Å². The van der Waals surface area contributed by atoms with Crippen LogP contribution in [0.4, 0.5) is 4.39 Å². The normalized spacial score (nSPS) is 12.4. The Bertz CT molecular complexity index is 743. The van der Waals surface area contributed by atoms with Crippen LogP contribution in [0, 0.1) is 5.82 Å². The van der Waals surface area contributed by atoms with Crippen molar-refractivity contribution in [1.29, 1.82) is 0 Å². The lowest BCUT2D eigenvalue weighted by atomic mass is 9.95. The van der Waals surface area contributed by atoms with Crippen LogP contribution in [0.15, 0.2) is 53.4 Å². The Morgan fingerprint density at radius 3 is 2.19 bits per heavy atom. The Hall–Kier alpha value is -1.43. The van der Waals surface area contributed by atoms with Gasteiger partial charge in [0.05, 0.1) is 10.4 Å². The van der Waals surface area contributed by atoms with Crippen molar-refractivity contribution in [1.82, 2.24) is 4.72 Å². The third-order valence-corrected chi connectivity index (χ3v) is 4.98. The van der Waals surface area contributed by atoms with E-state index in [1.807, 2.05) is 0 Å². The quantitative estimate of drug-likeness (QED) is 0.930. The number of halogens is 2. The van der Waals surface area contributed by atoms with Crippen LogP contribution in [0.25, 0.3) is 0 Å². The van der Waals surface area contributed by atoms with Crippen molar-refractivity contribution in [2.45, 2.75) is 24.3 Å². The number of sulfonamides is 1. The summed E-state index contributed by atoms with van der Waals surface area (Å²) in [4.78, 5) is 0.0799. The molecule has 0 atom stereocenters. The van der Waals surface area contributed by atoms with Crippen molar-refractivity contribution in [2.75, 3.05) is 0 Å². The molecule has 21 heavy (non-hydrogen) atoms. The maximum Gasteiger partial charge on any atom is 0.241 e. The predicted molar refractivity (Wildman–Crippen MR) is 81.2 cm³/mol. The van der Waals surface area contributed by atoms with Crippen molar-refractivity contribution in [2.24, 2.45) is 0 Å². The molecule has 0 unspecified atom stereocenters. The molecule has 0 saturated carbocycles. The van der Waals surface area contributed by atoms with Gasteiger partial charge in [0.25, 0.3) is 0 Å². The van der Waals surface area contributed by atoms with Gasteiger partial charge in [0, 0.05) is 10.6 Å². The molecule has 0 aromatic heterocycles. The molecule has 2 aromatic rings. The highest BCUT2D eigenvalue weighted by Gasteiger charge is 2.30. The molecule has 0 aliphatic heterocycles. The number of rotatable bonds is 4. The lowest BCUT2D eigenvalue weighted by Gasteiger charge is -2.27. The van der Waals surface area contributed by atoms with E-state index in [0.717, 1.165) is 0 Å². The Labute approximate surface area is 128 Å². The monoisotopic (exact) mass is 327 g/mol. The first-order valence-corrected chi connectivity index (χ1v) is 8.13. The molecule has 0 aliphatic carbocycles. The largest absolute Gasteiger partial charge is 0.241 e. The standard InChI is InChI=1S/C15H15ClFNO2S/c1-15(2,13-5-3-4-6-14(13)17)18-21(19,20)12-9-7-11(16)8-10-12/h3-10,18H,1-2H3. The third kappa shape index (κ3) is 3.61. The zero-order chi connectivity index (χ0) is 15.7. The van der Waals surface area contributed by atoms with Crippen LogP contribution in [0.5, 0.6) is 0 Å². The first-order chi connectivity index (χ1) is 9.72. The van der Waals surface area contributed by atoms with Gasteiger partial charge in [0.1, 0.15) is 5.82 Å². The van der Waals surface area contributed by atoms with Crippen LogP contribution in [-0.4, -0.2) is 8.42 Å². The van der Waals surface area contributed by atoms with Crippen molar-refractivity contribution in [3.63, 3.8) is 0 Å². The van der Waals surface area contributed by atoms with Crippen LogP contribution >= 0.6 is 11.6 Å². The minimum atomic E-state index is -3.77. The van der Waals surface area contributed by atoms with Gasteiger partial charge in [-0.3, -0.25) is 0 Å². The van der Waals surface area contributed by atoms with Gasteiger partial charge in [-0.05, 0) is 44.2 Å². The molecule has 0 spiro atoms. The molecule has 3 nitrogen and oxygen atoms in total. The maximum absolute atomic E-state index is 13.9. The fourth-order valence-electron chi connectivity index (χ4n) is 2.03. The van der Waals surface area contributed by atoms with Gasteiger partial charge in [-0.1, -0.05) is 29.8 Å². The molecule has 0 aliphatic rings. The van der Waals surface area contributed by atoms with Crippen molar-refractivity contribution in [3.05, 3.63) is 64.9 Å². The van der Waals surface area contributed by atoms with Gasteiger partial charge >= 0.3 is 0 Å². The molecule has 2 rings (SSSR count). The van der Waals surface area contributed by atoms with Gasteiger partial charge in [-0.2, -0.15) is 0 Å². The Morgan fingerprint density at radius 2 is 1.62 bits per heavy atom. The molecule has 0 bridgehead atoms. The molecule has 6 heteroatoms. The second-order valence-electron chi connectivity index (χ2n) is 5.16. The molecule has 0 saturated heterocycles. The number of benzene rings is 2. The van der Waals surface area contributed by atoms with Crippen LogP contribution in [-0.2, 0) is 15.6 Å². The first kappa shape index (κ1) is 15.9. The lowest BCUT2D eigenvalue weighted by molar-refractivity contribution is 0.447. The number of hydrogen-bond donors (Lipinski definition) is 1. The topological polar surface area (TPSA) is 46.2 Å². The van der Waals surface area contributed by atoms with Crippen molar-refractivity contribution < 1.29 is 12.8 Å². The molecule has 0 amide bonds. The zero-order valence-electron chi connectivity index (χ0n) is 11.6. The average Bonchev–Trinajstić information content (AvgIpc) is 2.38. The highest BCUT2D eigenvalue weighted by atomic mass is 35.5. The number of nitrogens with one attached hydrogen (secondary N) is 1. The van der Waals surface area contributed by atoms with Crippen LogP contribution in [0.1, 0.15) is 19.4 Å². The van der Waals surface area contributed by atoms with Gasteiger partial charge in [0.2, 0.25) is 10.0 Å². The summed E-state index contributed by atoms with van der Waals surface area (Å²) < 4.78 is 41.1. The van der Waals surface area contributed by atoms with E-state index in [2.05, 4.69) is 4.72 Å². The van der Waals surface area contributed by atoms with E-state index in [1.54, 1.807) is 32.0 Å². The summed E-state index contributed by atoms with van der Waals surface area (Å²) in [7, 11) is -3.77. The third-order valence-electron chi connectivity index (χ3n) is 3.06. The first-order valence-electron chi connectivity index (χ1n) is 6.27. The van der Waals surface area contributed by atoms with E-state index in [0.29, 0.717) is 5.02 Å². The summed E-state index contributed by atoms with van der Waals surface area (Å²) in [6, 6.07) is 11.9. The molecule has 0 heterocycles. The van der Waals surface area contributed by atoms with Gasteiger partial charge in [0.15, 0.2) is 0 Å². The number of hydrogen-bond acceptors (Lipinski definition) is 2. The smallest absolute Gasteiger partial charge is 0.207 e. The Balaban J connectivity index is 2.35. The van der Waals surface area contributed by atoms with Crippen LogP contribution in [0.3, 0.4) is 0 Å². The second kappa shape index (κ2) is 5.75. The molecule has 112 valence electrons. The fourth-order valence-corrected chi connectivity index (χ4v) is 3.55. The van der Waals surface area contributed by atoms with E-state index in [1.165, 1.54) is 30.3 Å². The van der Waals surface area contributed by atoms with Gasteiger partial charge in [-0.25, -0.2) is 17.5 Å². The zero-order valence-corrected chi connectivity index (χ0v) is 13.2. The van der Waals surface area contributed by atoms with Gasteiger partial charge < -0.3 is 0 Å². The van der Waals surface area contributed by atoms with Crippen LogP contribution in [0.2, 0.25) is 5.02 Å². The molecule has 1 N–H and O–H groups in total. The highest BCUT2D eigenvalue weighted by Crippen LogP contribution is 2.25. The minimum absolute atomic E-state index is 0.0799. The van der Waals surface area contributed by atoms with E-state index < -0.39 is 21.4 Å². The molecular weight excluding hydrogens is 313 g/mol. The van der Waals surface area contributed by atoms with E-state index in [4.69, 9.17) is 11.6 Å². The molecular formula is C15H15ClFNO2S. The summed E-state index contributed by atoms with van der Waals surface area (Å²) >= 11 is 5.75. The van der Waals surface area contributed by atoms with Crippen LogP contribution < -0.4 is 4.72 Å². The van der Waals surface area contributed by atoms with Crippen molar-refractivity contribution in [3.8, 4) is 0 Å². The fraction of sp³-hybridized carbons (Fsp3) is 0.200. The second-order valence-corrected chi connectivity index (χ2v) is 7.28. The van der Waals surface area contributed by atoms with E-state index >= 15 is 0 Å². The molecule has 0 radical (unpaired) electrons. The maximum atomic E-state index is 13.9. The summed E-state index contributed by atoms with van der Waals surface area (Å²) in [6.45, 7) is 3.22.